The van der Waals surface area contributed by atoms with Crippen molar-refractivity contribution in [3.63, 3.8) is 0 Å². The second-order valence-electron chi connectivity index (χ2n) is 4.59. The van der Waals surface area contributed by atoms with Crippen LogP contribution in [0.1, 0.15) is 11.1 Å². The second-order valence-corrected chi connectivity index (χ2v) is 4.59. The summed E-state index contributed by atoms with van der Waals surface area (Å²) in [6, 6.07) is 6.03. The Hall–Kier alpha value is -2.27. The summed E-state index contributed by atoms with van der Waals surface area (Å²) in [6.45, 7) is 6.45. The summed E-state index contributed by atoms with van der Waals surface area (Å²) in [6.07, 6.45) is 5.45. The Morgan fingerprint density at radius 2 is 2.00 bits per heavy atom. The molecular formula is C15H17N3O2. The molecule has 3 rings (SSSR count). The number of hydrogen-bond donors (Lipinski definition) is 1. The molecule has 0 amide bonds. The average Bonchev–Trinajstić information content (AvgIpc) is 2.95. The van der Waals surface area contributed by atoms with Crippen LogP contribution in [0.15, 0.2) is 37.2 Å². The van der Waals surface area contributed by atoms with Crippen LogP contribution in [0.5, 0.6) is 11.5 Å². The fraction of sp³-hybridized carbons (Fsp3) is 0.267. The fourth-order valence-electron chi connectivity index (χ4n) is 2.12. The SMILES string of the molecule is C=Cn1cc(CNCc2ccc3c(c2)OCCO3)cn1. The quantitative estimate of drug-likeness (QED) is 0.904. The highest BCUT2D eigenvalue weighted by molar-refractivity contribution is 5.43. The lowest BCUT2D eigenvalue weighted by atomic mass is 10.2. The Bertz CT molecular complexity index is 607. The summed E-state index contributed by atoms with van der Waals surface area (Å²) in [5, 5.41) is 7.52. The van der Waals surface area contributed by atoms with E-state index >= 15 is 0 Å². The molecule has 104 valence electrons. The van der Waals surface area contributed by atoms with Crippen molar-refractivity contribution in [2.75, 3.05) is 13.2 Å². The smallest absolute Gasteiger partial charge is 0.161 e. The van der Waals surface area contributed by atoms with Gasteiger partial charge in [-0.15, -0.1) is 0 Å². The van der Waals surface area contributed by atoms with Gasteiger partial charge in [0.15, 0.2) is 11.5 Å². The summed E-state index contributed by atoms with van der Waals surface area (Å²) >= 11 is 0. The lowest BCUT2D eigenvalue weighted by Gasteiger charge is -2.18. The molecule has 20 heavy (non-hydrogen) atoms. The van der Waals surface area contributed by atoms with Crippen LogP contribution in [0.2, 0.25) is 0 Å². The van der Waals surface area contributed by atoms with Gasteiger partial charge in [-0.1, -0.05) is 12.6 Å². The largest absolute Gasteiger partial charge is 0.486 e. The summed E-state index contributed by atoms with van der Waals surface area (Å²) in [7, 11) is 0. The molecule has 1 aliphatic heterocycles. The third-order valence-electron chi connectivity index (χ3n) is 3.11. The molecule has 2 heterocycles. The van der Waals surface area contributed by atoms with Gasteiger partial charge in [0, 0.05) is 31.0 Å². The van der Waals surface area contributed by atoms with Crippen molar-refractivity contribution in [1.29, 1.82) is 0 Å². The van der Waals surface area contributed by atoms with Crippen molar-refractivity contribution in [2.45, 2.75) is 13.1 Å². The molecule has 0 unspecified atom stereocenters. The highest BCUT2D eigenvalue weighted by Gasteiger charge is 2.11. The first-order valence-corrected chi connectivity index (χ1v) is 6.60. The number of fused-ring (bicyclic) bond motifs is 1. The Labute approximate surface area is 117 Å². The topological polar surface area (TPSA) is 48.3 Å². The predicted octanol–water partition coefficient (Wildman–Crippen LogP) is 2.04. The van der Waals surface area contributed by atoms with Gasteiger partial charge < -0.3 is 14.8 Å². The molecule has 0 fully saturated rings. The zero-order chi connectivity index (χ0) is 13.8. The van der Waals surface area contributed by atoms with E-state index in [4.69, 9.17) is 9.47 Å². The van der Waals surface area contributed by atoms with Crippen molar-refractivity contribution >= 4 is 6.20 Å². The molecule has 2 aromatic rings. The number of nitrogens with one attached hydrogen (secondary N) is 1. The van der Waals surface area contributed by atoms with E-state index < -0.39 is 0 Å². The van der Waals surface area contributed by atoms with Crippen molar-refractivity contribution < 1.29 is 9.47 Å². The van der Waals surface area contributed by atoms with E-state index in [1.165, 1.54) is 5.56 Å². The van der Waals surface area contributed by atoms with Crippen LogP contribution in [0.4, 0.5) is 0 Å². The average molecular weight is 271 g/mol. The Kier molecular flexibility index (Phi) is 3.69. The second kappa shape index (κ2) is 5.79. The van der Waals surface area contributed by atoms with Crippen LogP contribution in [0.25, 0.3) is 6.20 Å². The van der Waals surface area contributed by atoms with E-state index in [-0.39, 0.29) is 0 Å². The van der Waals surface area contributed by atoms with E-state index in [9.17, 15) is 0 Å². The molecule has 1 aromatic heterocycles. The van der Waals surface area contributed by atoms with Crippen molar-refractivity contribution in [3.05, 3.63) is 48.3 Å². The fourth-order valence-corrected chi connectivity index (χ4v) is 2.12. The number of benzene rings is 1. The normalized spacial score (nSPS) is 13.2. The minimum Gasteiger partial charge on any atom is -0.486 e. The molecule has 1 aliphatic rings. The van der Waals surface area contributed by atoms with Gasteiger partial charge in [-0.25, -0.2) is 4.68 Å². The molecule has 1 aromatic carbocycles. The number of rotatable bonds is 5. The highest BCUT2D eigenvalue weighted by Crippen LogP contribution is 2.30. The predicted molar refractivity (Wildman–Crippen MR) is 76.6 cm³/mol. The van der Waals surface area contributed by atoms with Crippen LogP contribution in [-0.4, -0.2) is 23.0 Å². The third kappa shape index (κ3) is 2.83. The summed E-state index contributed by atoms with van der Waals surface area (Å²) in [4.78, 5) is 0. The van der Waals surface area contributed by atoms with Gasteiger partial charge in [0.1, 0.15) is 13.2 Å². The maximum atomic E-state index is 5.57. The molecule has 5 heteroatoms. The molecule has 0 saturated carbocycles. The van der Waals surface area contributed by atoms with E-state index in [1.54, 1.807) is 10.9 Å². The van der Waals surface area contributed by atoms with E-state index in [0.29, 0.717) is 13.2 Å². The van der Waals surface area contributed by atoms with Gasteiger partial charge in [0.05, 0.1) is 6.20 Å². The molecule has 0 radical (unpaired) electrons. The first kappa shape index (κ1) is 12.7. The highest BCUT2D eigenvalue weighted by atomic mass is 16.6. The molecule has 5 nitrogen and oxygen atoms in total. The molecule has 0 spiro atoms. The minimum absolute atomic E-state index is 0.616. The van der Waals surface area contributed by atoms with Crippen LogP contribution in [-0.2, 0) is 13.1 Å². The van der Waals surface area contributed by atoms with Crippen molar-refractivity contribution in [3.8, 4) is 11.5 Å². The van der Waals surface area contributed by atoms with Crippen LogP contribution < -0.4 is 14.8 Å². The molecule has 0 aliphatic carbocycles. The first-order valence-electron chi connectivity index (χ1n) is 6.60. The van der Waals surface area contributed by atoms with Crippen LogP contribution in [0, 0.1) is 0 Å². The zero-order valence-corrected chi connectivity index (χ0v) is 11.2. The van der Waals surface area contributed by atoms with E-state index in [2.05, 4.69) is 17.0 Å². The molecular weight excluding hydrogens is 254 g/mol. The Morgan fingerprint density at radius 1 is 1.20 bits per heavy atom. The van der Waals surface area contributed by atoms with Gasteiger partial charge in [-0.3, -0.25) is 0 Å². The Balaban J connectivity index is 1.56. The van der Waals surface area contributed by atoms with Crippen LogP contribution >= 0.6 is 0 Å². The molecule has 0 bridgehead atoms. The number of aromatic nitrogens is 2. The van der Waals surface area contributed by atoms with Gasteiger partial charge in [0.2, 0.25) is 0 Å². The molecule has 0 atom stereocenters. The molecule has 1 N–H and O–H groups in total. The van der Waals surface area contributed by atoms with Crippen LogP contribution in [0.3, 0.4) is 0 Å². The van der Waals surface area contributed by atoms with E-state index in [1.807, 2.05) is 30.6 Å². The van der Waals surface area contributed by atoms with E-state index in [0.717, 1.165) is 30.2 Å². The van der Waals surface area contributed by atoms with Gasteiger partial charge in [0.25, 0.3) is 0 Å². The maximum Gasteiger partial charge on any atom is 0.161 e. The standard InChI is InChI=1S/C15H17N3O2/c1-2-18-11-13(10-17-18)9-16-8-12-3-4-14-15(7-12)20-6-5-19-14/h2-4,7,10-11,16H,1,5-6,8-9H2. The monoisotopic (exact) mass is 271 g/mol. The Morgan fingerprint density at radius 3 is 2.80 bits per heavy atom. The summed E-state index contributed by atoms with van der Waals surface area (Å²) < 4.78 is 12.8. The lowest BCUT2D eigenvalue weighted by Crippen LogP contribution is -2.16. The maximum absolute atomic E-state index is 5.57. The van der Waals surface area contributed by atoms with Gasteiger partial charge in [-0.05, 0) is 17.7 Å². The van der Waals surface area contributed by atoms with Crippen molar-refractivity contribution in [1.82, 2.24) is 15.1 Å². The lowest BCUT2D eigenvalue weighted by molar-refractivity contribution is 0.171. The third-order valence-corrected chi connectivity index (χ3v) is 3.11. The van der Waals surface area contributed by atoms with Gasteiger partial charge in [-0.2, -0.15) is 5.10 Å². The first-order chi connectivity index (χ1) is 9.85. The summed E-state index contributed by atoms with van der Waals surface area (Å²) in [5.41, 5.74) is 2.30. The number of nitrogens with zero attached hydrogens (tertiary/aromatic N) is 2. The zero-order valence-electron chi connectivity index (χ0n) is 11.2. The molecule has 0 saturated heterocycles. The number of ether oxygens (including phenoxy) is 2. The van der Waals surface area contributed by atoms with Gasteiger partial charge >= 0.3 is 0 Å². The minimum atomic E-state index is 0.616. The summed E-state index contributed by atoms with van der Waals surface area (Å²) in [5.74, 6) is 1.65. The number of hydrogen-bond acceptors (Lipinski definition) is 4. The van der Waals surface area contributed by atoms with Crippen molar-refractivity contribution in [2.24, 2.45) is 0 Å².